The van der Waals surface area contributed by atoms with Crippen LogP contribution >= 0.6 is 0 Å². The third-order valence-corrected chi connectivity index (χ3v) is 5.02. The number of amidine groups is 1. The van der Waals surface area contributed by atoms with Crippen molar-refractivity contribution in [3.8, 4) is 11.3 Å². The summed E-state index contributed by atoms with van der Waals surface area (Å²) in [5.74, 6) is -0.851. The molecule has 0 aliphatic carbocycles. The molecule has 30 heavy (non-hydrogen) atoms. The summed E-state index contributed by atoms with van der Waals surface area (Å²) in [6.45, 7) is 3.98. The minimum absolute atomic E-state index is 0.0178. The predicted molar refractivity (Wildman–Crippen MR) is 108 cm³/mol. The number of anilines is 1. The second-order valence-electron chi connectivity index (χ2n) is 7.25. The number of hydrogen-bond acceptors (Lipinski definition) is 7. The van der Waals surface area contributed by atoms with Gasteiger partial charge in [-0.1, -0.05) is 5.16 Å². The minimum Gasteiger partial charge on any atom is -0.465 e. The number of benzene rings is 1. The highest BCUT2D eigenvalue weighted by atomic mass is 19.1. The van der Waals surface area contributed by atoms with Crippen LogP contribution in [-0.2, 0) is 10.3 Å². The van der Waals surface area contributed by atoms with E-state index in [0.717, 1.165) is 11.1 Å². The summed E-state index contributed by atoms with van der Waals surface area (Å²) in [5, 5.41) is 6.67. The second-order valence-corrected chi connectivity index (χ2v) is 7.25. The Bertz CT molecular complexity index is 1130. The summed E-state index contributed by atoms with van der Waals surface area (Å²) in [6, 6.07) is 7.69. The zero-order valence-electron chi connectivity index (χ0n) is 16.5. The number of aryl methyl sites for hydroxylation is 1. The molecule has 1 atom stereocenters. The van der Waals surface area contributed by atoms with Gasteiger partial charge in [-0.25, -0.2) is 9.38 Å². The Balaban J connectivity index is 1.55. The molecule has 2 aromatic heterocycles. The fourth-order valence-corrected chi connectivity index (χ4v) is 3.33. The Kier molecular flexibility index (Phi) is 4.94. The highest BCUT2D eigenvalue weighted by Crippen LogP contribution is 2.35. The number of nitrogens with one attached hydrogen (secondary N) is 1. The van der Waals surface area contributed by atoms with E-state index >= 15 is 0 Å². The van der Waals surface area contributed by atoms with Crippen LogP contribution in [-0.4, -0.2) is 28.7 Å². The molecule has 0 saturated heterocycles. The van der Waals surface area contributed by atoms with Crippen molar-refractivity contribution >= 4 is 17.6 Å². The molecule has 1 aliphatic rings. The van der Waals surface area contributed by atoms with E-state index in [1.165, 1.54) is 12.1 Å². The van der Waals surface area contributed by atoms with Crippen molar-refractivity contribution in [2.75, 3.05) is 11.9 Å². The molecule has 3 heterocycles. The summed E-state index contributed by atoms with van der Waals surface area (Å²) in [6.07, 6.45) is 3.56. The number of aliphatic imine (C=N–C) groups is 1. The lowest BCUT2D eigenvalue weighted by Gasteiger charge is -2.30. The molecule has 8 nitrogen and oxygen atoms in total. The van der Waals surface area contributed by atoms with Crippen molar-refractivity contribution in [2.45, 2.75) is 25.8 Å². The smallest absolute Gasteiger partial charge is 0.282 e. The topological polar surface area (TPSA) is 116 Å². The van der Waals surface area contributed by atoms with Crippen LogP contribution in [0.15, 0.2) is 52.3 Å². The van der Waals surface area contributed by atoms with Gasteiger partial charge in [0.2, 0.25) is 0 Å². The molecule has 3 aromatic rings. The van der Waals surface area contributed by atoms with Crippen LogP contribution in [0.3, 0.4) is 0 Å². The summed E-state index contributed by atoms with van der Waals surface area (Å²) in [4.78, 5) is 21.1. The predicted octanol–water partition coefficient (Wildman–Crippen LogP) is 3.39. The number of carbonyl (C=O) groups excluding carboxylic acids is 1. The molecule has 3 N–H and O–H groups in total. The van der Waals surface area contributed by atoms with E-state index in [9.17, 15) is 9.18 Å². The van der Waals surface area contributed by atoms with Crippen molar-refractivity contribution in [3.63, 3.8) is 0 Å². The standard InChI is InChI=1S/C21H20FN5O3/c1-12-11-30-27-18(12)13-3-6-17(24-10-13)19(28)25-14-4-5-16(22)15(9-14)21(2)7-8-29-20(23)26-21/h3-6,9-11H,7-8H2,1-2H3,(H2,23,26)(H,25,28)/t21-/m0/s1. The zero-order valence-corrected chi connectivity index (χ0v) is 16.5. The van der Waals surface area contributed by atoms with E-state index < -0.39 is 17.3 Å². The number of ether oxygens (including phenoxy) is 1. The molecule has 4 rings (SSSR count). The first-order chi connectivity index (χ1) is 14.4. The first-order valence-electron chi connectivity index (χ1n) is 9.33. The van der Waals surface area contributed by atoms with Gasteiger partial charge in [-0.15, -0.1) is 0 Å². The van der Waals surface area contributed by atoms with Crippen LogP contribution < -0.4 is 11.1 Å². The molecule has 1 amide bonds. The van der Waals surface area contributed by atoms with Gasteiger partial charge >= 0.3 is 0 Å². The third kappa shape index (κ3) is 3.73. The van der Waals surface area contributed by atoms with Crippen LogP contribution in [0.25, 0.3) is 11.3 Å². The number of nitrogens with zero attached hydrogens (tertiary/aromatic N) is 3. The van der Waals surface area contributed by atoms with E-state index in [0.29, 0.717) is 30.0 Å². The maximum Gasteiger partial charge on any atom is 0.282 e. The average molecular weight is 409 g/mol. The van der Waals surface area contributed by atoms with Crippen molar-refractivity contribution in [1.82, 2.24) is 10.1 Å². The Morgan fingerprint density at radius 1 is 1.30 bits per heavy atom. The number of carbonyl (C=O) groups is 1. The summed E-state index contributed by atoms with van der Waals surface area (Å²) in [7, 11) is 0. The molecule has 0 saturated carbocycles. The van der Waals surface area contributed by atoms with Crippen molar-refractivity contribution in [1.29, 1.82) is 0 Å². The maximum atomic E-state index is 14.5. The molecule has 0 fully saturated rings. The zero-order chi connectivity index (χ0) is 21.3. The van der Waals surface area contributed by atoms with Gasteiger partial charge in [-0.05, 0) is 44.2 Å². The Morgan fingerprint density at radius 2 is 2.13 bits per heavy atom. The molecule has 0 radical (unpaired) electrons. The lowest BCUT2D eigenvalue weighted by molar-refractivity contribution is 0.102. The van der Waals surface area contributed by atoms with Gasteiger partial charge in [-0.3, -0.25) is 9.78 Å². The van der Waals surface area contributed by atoms with Crippen molar-refractivity contribution < 1.29 is 18.4 Å². The Morgan fingerprint density at radius 3 is 2.80 bits per heavy atom. The molecule has 0 bridgehead atoms. The van der Waals surface area contributed by atoms with Crippen LogP contribution in [0.5, 0.6) is 0 Å². The number of pyridine rings is 1. The number of hydrogen-bond donors (Lipinski definition) is 2. The molecule has 154 valence electrons. The lowest BCUT2D eigenvalue weighted by Crippen LogP contribution is -2.34. The number of amides is 1. The van der Waals surface area contributed by atoms with Crippen LogP contribution in [0.2, 0.25) is 0 Å². The molecule has 1 aromatic carbocycles. The second kappa shape index (κ2) is 7.58. The fourth-order valence-electron chi connectivity index (χ4n) is 3.33. The van der Waals surface area contributed by atoms with Crippen molar-refractivity contribution in [2.24, 2.45) is 10.7 Å². The van der Waals surface area contributed by atoms with Gasteiger partial charge in [-0.2, -0.15) is 0 Å². The Labute approximate surface area is 172 Å². The first-order valence-corrected chi connectivity index (χ1v) is 9.33. The monoisotopic (exact) mass is 409 g/mol. The summed E-state index contributed by atoms with van der Waals surface area (Å²) >= 11 is 0. The lowest BCUT2D eigenvalue weighted by atomic mass is 9.88. The largest absolute Gasteiger partial charge is 0.465 e. The highest BCUT2D eigenvalue weighted by molar-refractivity contribution is 6.03. The van der Waals surface area contributed by atoms with Crippen LogP contribution in [0.1, 0.15) is 35.0 Å². The molecule has 1 aliphatic heterocycles. The van der Waals surface area contributed by atoms with Gasteiger partial charge in [0.25, 0.3) is 11.9 Å². The maximum absolute atomic E-state index is 14.5. The molecular formula is C21H20FN5O3. The average Bonchev–Trinajstić information content (AvgIpc) is 3.15. The number of aromatic nitrogens is 2. The van der Waals surface area contributed by atoms with Gasteiger partial charge in [0, 0.05) is 35.0 Å². The summed E-state index contributed by atoms with van der Waals surface area (Å²) in [5.41, 5.74) is 8.05. The van der Waals surface area contributed by atoms with Crippen molar-refractivity contribution in [3.05, 3.63) is 65.4 Å². The molecule has 9 heteroatoms. The highest BCUT2D eigenvalue weighted by Gasteiger charge is 2.33. The fraction of sp³-hybridized carbons (Fsp3) is 0.238. The SMILES string of the molecule is Cc1conc1-c1ccc(C(=O)Nc2ccc(F)c([C@]3(C)CCOC(N)=N3)c2)nc1. The normalized spacial score (nSPS) is 18.4. The van der Waals surface area contributed by atoms with E-state index in [1.807, 2.05) is 6.92 Å². The number of rotatable bonds is 4. The molecule has 0 unspecified atom stereocenters. The van der Waals surface area contributed by atoms with Gasteiger partial charge in [0.1, 0.15) is 23.5 Å². The molecular weight excluding hydrogens is 389 g/mol. The van der Waals surface area contributed by atoms with Crippen LogP contribution in [0.4, 0.5) is 10.1 Å². The third-order valence-electron chi connectivity index (χ3n) is 5.02. The van der Waals surface area contributed by atoms with Gasteiger partial charge in [0.15, 0.2) is 0 Å². The van der Waals surface area contributed by atoms with Gasteiger partial charge in [0.05, 0.1) is 12.1 Å². The molecule has 0 spiro atoms. The number of nitrogens with two attached hydrogens (primary N) is 1. The summed E-state index contributed by atoms with van der Waals surface area (Å²) < 4.78 is 24.6. The van der Waals surface area contributed by atoms with Gasteiger partial charge < -0.3 is 20.3 Å². The van der Waals surface area contributed by atoms with E-state index in [2.05, 4.69) is 20.4 Å². The van der Waals surface area contributed by atoms with E-state index in [-0.39, 0.29) is 11.7 Å². The quantitative estimate of drug-likeness (QED) is 0.682. The number of halogens is 1. The van der Waals surface area contributed by atoms with E-state index in [4.69, 9.17) is 15.0 Å². The first kappa shape index (κ1) is 19.6. The Hall–Kier alpha value is -3.75. The minimum atomic E-state index is -0.873. The van der Waals surface area contributed by atoms with Crippen LogP contribution in [0, 0.1) is 12.7 Å². The van der Waals surface area contributed by atoms with E-state index in [1.54, 1.807) is 37.6 Å².